The number of aryl methyl sites for hydroxylation is 1. The average Bonchev–Trinajstić information content (AvgIpc) is 2.41. The molecule has 0 saturated carbocycles. The Morgan fingerprint density at radius 1 is 1.21 bits per heavy atom. The minimum absolute atomic E-state index is 0.0397. The summed E-state index contributed by atoms with van der Waals surface area (Å²) >= 11 is 0. The lowest BCUT2D eigenvalue weighted by molar-refractivity contribution is -0.125. The number of nitrogens with one attached hydrogen (secondary N) is 1. The summed E-state index contributed by atoms with van der Waals surface area (Å²) in [5.41, 5.74) is 0.354. The normalized spacial score (nSPS) is 13.0. The van der Waals surface area contributed by atoms with Gasteiger partial charge in [0.25, 0.3) is 0 Å². The number of ether oxygens (including phenoxy) is 2. The summed E-state index contributed by atoms with van der Waals surface area (Å²) in [7, 11) is 2.89. The minimum atomic E-state index is -0.752. The summed E-state index contributed by atoms with van der Waals surface area (Å²) < 4.78 is 38.4. The van der Waals surface area contributed by atoms with Gasteiger partial charge in [-0.25, -0.2) is 8.78 Å². The summed E-state index contributed by atoms with van der Waals surface area (Å²) in [6.45, 7) is 4.19. The second-order valence-electron chi connectivity index (χ2n) is 4.36. The molecule has 0 amide bonds. The Bertz CT molecular complexity index is 409. The third-order valence-electron chi connectivity index (χ3n) is 2.98. The summed E-state index contributed by atoms with van der Waals surface area (Å²) in [6, 6.07) is 1.99. The lowest BCUT2D eigenvalue weighted by atomic mass is 10.0. The standard InChI is InChI=1S/C14H21F2NO2/c1-5-8-17-13(14(18-3)19-4)11-10(15)7-6-9(2)12(11)16/h6-7,13-14,17H,5,8H2,1-4H3. The first kappa shape index (κ1) is 16.0. The van der Waals surface area contributed by atoms with E-state index < -0.39 is 24.0 Å². The van der Waals surface area contributed by atoms with Gasteiger partial charge in [-0.1, -0.05) is 13.0 Å². The van der Waals surface area contributed by atoms with Crippen molar-refractivity contribution in [1.82, 2.24) is 5.32 Å². The Labute approximate surface area is 112 Å². The monoisotopic (exact) mass is 273 g/mol. The van der Waals surface area contributed by atoms with E-state index >= 15 is 0 Å². The molecule has 1 aromatic carbocycles. The van der Waals surface area contributed by atoms with E-state index in [2.05, 4.69) is 5.32 Å². The van der Waals surface area contributed by atoms with E-state index in [4.69, 9.17) is 9.47 Å². The van der Waals surface area contributed by atoms with Gasteiger partial charge in [-0.2, -0.15) is 0 Å². The van der Waals surface area contributed by atoms with Crippen LogP contribution in [0.1, 0.15) is 30.5 Å². The van der Waals surface area contributed by atoms with Crippen LogP contribution in [0, 0.1) is 18.6 Å². The van der Waals surface area contributed by atoms with Crippen LogP contribution in [0.15, 0.2) is 12.1 Å². The number of halogens is 2. The third-order valence-corrected chi connectivity index (χ3v) is 2.98. The molecule has 19 heavy (non-hydrogen) atoms. The van der Waals surface area contributed by atoms with Gasteiger partial charge in [-0.15, -0.1) is 0 Å². The predicted octanol–water partition coefficient (Wildman–Crippen LogP) is 2.93. The molecule has 0 aliphatic heterocycles. The minimum Gasteiger partial charge on any atom is -0.354 e. The molecule has 0 saturated heterocycles. The first-order valence-electron chi connectivity index (χ1n) is 6.30. The van der Waals surface area contributed by atoms with Crippen molar-refractivity contribution in [2.24, 2.45) is 0 Å². The summed E-state index contributed by atoms with van der Waals surface area (Å²) in [5.74, 6) is -1.16. The largest absolute Gasteiger partial charge is 0.354 e. The molecule has 1 N–H and O–H groups in total. The SMILES string of the molecule is CCCNC(c1c(F)ccc(C)c1F)C(OC)OC. The van der Waals surface area contributed by atoms with Crippen LogP contribution in [0.5, 0.6) is 0 Å². The van der Waals surface area contributed by atoms with Crippen LogP contribution in [0.4, 0.5) is 8.78 Å². The molecule has 0 aromatic heterocycles. The maximum atomic E-state index is 14.2. The Hall–Kier alpha value is -1.04. The fourth-order valence-electron chi connectivity index (χ4n) is 1.97. The zero-order valence-electron chi connectivity index (χ0n) is 11.8. The smallest absolute Gasteiger partial charge is 0.176 e. The first-order valence-corrected chi connectivity index (χ1v) is 6.30. The fourth-order valence-corrected chi connectivity index (χ4v) is 1.97. The van der Waals surface area contributed by atoms with Crippen LogP contribution in [-0.4, -0.2) is 27.1 Å². The van der Waals surface area contributed by atoms with Crippen molar-refractivity contribution >= 4 is 0 Å². The fraction of sp³-hybridized carbons (Fsp3) is 0.571. The van der Waals surface area contributed by atoms with Crippen molar-refractivity contribution < 1.29 is 18.3 Å². The number of rotatable bonds is 7. The lowest BCUT2D eigenvalue weighted by Crippen LogP contribution is -2.36. The van der Waals surface area contributed by atoms with Crippen molar-refractivity contribution in [2.45, 2.75) is 32.6 Å². The van der Waals surface area contributed by atoms with Crippen molar-refractivity contribution in [2.75, 3.05) is 20.8 Å². The van der Waals surface area contributed by atoms with Crippen LogP contribution in [0.25, 0.3) is 0 Å². The predicted molar refractivity (Wildman–Crippen MR) is 69.9 cm³/mol. The zero-order valence-corrected chi connectivity index (χ0v) is 11.8. The molecule has 1 aromatic rings. The van der Waals surface area contributed by atoms with E-state index in [1.165, 1.54) is 26.4 Å². The quantitative estimate of drug-likeness (QED) is 0.775. The number of hydrogen-bond donors (Lipinski definition) is 1. The van der Waals surface area contributed by atoms with Crippen molar-refractivity contribution in [3.05, 3.63) is 34.9 Å². The van der Waals surface area contributed by atoms with Crippen LogP contribution < -0.4 is 5.32 Å². The van der Waals surface area contributed by atoms with Crippen molar-refractivity contribution in [3.8, 4) is 0 Å². The summed E-state index contributed by atoms with van der Waals surface area (Å²) in [5, 5.41) is 3.07. The van der Waals surface area contributed by atoms with Gasteiger partial charge in [0.05, 0.1) is 6.04 Å². The first-order chi connectivity index (χ1) is 9.06. The highest BCUT2D eigenvalue weighted by Crippen LogP contribution is 2.27. The van der Waals surface area contributed by atoms with Gasteiger partial charge >= 0.3 is 0 Å². The van der Waals surface area contributed by atoms with E-state index in [0.29, 0.717) is 12.1 Å². The Morgan fingerprint density at radius 3 is 2.37 bits per heavy atom. The second-order valence-corrected chi connectivity index (χ2v) is 4.36. The topological polar surface area (TPSA) is 30.5 Å². The maximum absolute atomic E-state index is 14.2. The van der Waals surface area contributed by atoms with Gasteiger partial charge in [-0.05, 0) is 31.5 Å². The van der Waals surface area contributed by atoms with Gasteiger partial charge in [0, 0.05) is 19.8 Å². The van der Waals surface area contributed by atoms with Crippen LogP contribution in [0.2, 0.25) is 0 Å². The number of benzene rings is 1. The average molecular weight is 273 g/mol. The van der Waals surface area contributed by atoms with Gasteiger partial charge < -0.3 is 14.8 Å². The van der Waals surface area contributed by atoms with Gasteiger partial charge in [0.2, 0.25) is 0 Å². The van der Waals surface area contributed by atoms with E-state index in [9.17, 15) is 8.78 Å². The molecule has 0 bridgehead atoms. The highest BCUT2D eigenvalue weighted by molar-refractivity contribution is 5.29. The van der Waals surface area contributed by atoms with Crippen molar-refractivity contribution in [3.63, 3.8) is 0 Å². The molecule has 0 fully saturated rings. The van der Waals surface area contributed by atoms with Crippen molar-refractivity contribution in [1.29, 1.82) is 0 Å². The molecule has 0 radical (unpaired) electrons. The van der Waals surface area contributed by atoms with Crippen LogP contribution >= 0.6 is 0 Å². The summed E-state index contributed by atoms with van der Waals surface area (Å²) in [4.78, 5) is 0. The molecule has 3 nitrogen and oxygen atoms in total. The molecule has 5 heteroatoms. The highest BCUT2D eigenvalue weighted by atomic mass is 19.1. The molecular formula is C14H21F2NO2. The van der Waals surface area contributed by atoms with E-state index in [1.54, 1.807) is 6.92 Å². The molecule has 0 aliphatic rings. The summed E-state index contributed by atoms with van der Waals surface area (Å²) in [6.07, 6.45) is 0.0865. The van der Waals surface area contributed by atoms with Crippen LogP contribution in [-0.2, 0) is 9.47 Å². The Balaban J connectivity index is 3.19. The van der Waals surface area contributed by atoms with Gasteiger partial charge in [0.15, 0.2) is 6.29 Å². The molecule has 1 atom stereocenters. The van der Waals surface area contributed by atoms with E-state index in [1.807, 2.05) is 6.92 Å². The molecule has 1 rings (SSSR count). The number of methoxy groups -OCH3 is 2. The van der Waals surface area contributed by atoms with Gasteiger partial charge in [-0.3, -0.25) is 0 Å². The maximum Gasteiger partial charge on any atom is 0.176 e. The second kappa shape index (κ2) is 7.53. The lowest BCUT2D eigenvalue weighted by Gasteiger charge is -2.27. The molecule has 108 valence electrons. The molecular weight excluding hydrogens is 252 g/mol. The molecule has 1 unspecified atom stereocenters. The Morgan fingerprint density at radius 2 is 1.84 bits per heavy atom. The van der Waals surface area contributed by atoms with Crippen LogP contribution in [0.3, 0.4) is 0 Å². The zero-order chi connectivity index (χ0) is 14.4. The Kier molecular flexibility index (Phi) is 6.34. The van der Waals surface area contributed by atoms with E-state index in [0.717, 1.165) is 6.42 Å². The molecule has 0 heterocycles. The van der Waals surface area contributed by atoms with E-state index in [-0.39, 0.29) is 5.56 Å². The van der Waals surface area contributed by atoms with Gasteiger partial charge in [0.1, 0.15) is 11.6 Å². The molecule has 0 spiro atoms. The highest BCUT2D eigenvalue weighted by Gasteiger charge is 2.28. The number of hydrogen-bond acceptors (Lipinski definition) is 3. The third kappa shape index (κ3) is 3.72. The molecule has 0 aliphatic carbocycles.